The lowest BCUT2D eigenvalue weighted by Crippen LogP contribution is -2.32. The highest BCUT2D eigenvalue weighted by Crippen LogP contribution is 2.27. The normalized spacial score (nSPS) is 10.1. The first-order valence-corrected chi connectivity index (χ1v) is 9.14. The zero-order valence-corrected chi connectivity index (χ0v) is 17.1. The van der Waals surface area contributed by atoms with Gasteiger partial charge in [-0.25, -0.2) is 0 Å². The third-order valence-corrected chi connectivity index (χ3v) is 4.32. The molecule has 0 spiro atoms. The van der Waals surface area contributed by atoms with Crippen LogP contribution in [0.3, 0.4) is 0 Å². The van der Waals surface area contributed by atoms with E-state index < -0.39 is 0 Å². The molecule has 0 heterocycles. The van der Waals surface area contributed by atoms with Crippen molar-refractivity contribution in [3.8, 4) is 17.2 Å². The van der Waals surface area contributed by atoms with Crippen LogP contribution in [0.1, 0.15) is 15.9 Å². The van der Waals surface area contributed by atoms with E-state index >= 15 is 0 Å². The largest absolute Gasteiger partial charge is 0.497 e. The third-order valence-electron chi connectivity index (χ3n) is 4.32. The van der Waals surface area contributed by atoms with Gasteiger partial charge in [0, 0.05) is 19.3 Å². The number of carbonyl (C=O) groups is 2. The van der Waals surface area contributed by atoms with Crippen molar-refractivity contribution in [3.05, 3.63) is 47.5 Å². The van der Waals surface area contributed by atoms with Crippen LogP contribution in [0.15, 0.2) is 36.4 Å². The molecule has 0 saturated heterocycles. The fraction of sp³-hybridized carbons (Fsp3) is 0.333. The Morgan fingerprint density at radius 3 is 2.34 bits per heavy atom. The molecule has 156 valence electrons. The van der Waals surface area contributed by atoms with Crippen LogP contribution in [0, 0.1) is 0 Å². The van der Waals surface area contributed by atoms with E-state index in [4.69, 9.17) is 14.2 Å². The SMILES string of the molecule is CNC(=O)c1cc(OC)ccc1NCC(=O)NCCc1ccc(OC)c(OC)c1. The molecule has 0 aliphatic heterocycles. The molecule has 3 N–H and O–H groups in total. The Morgan fingerprint density at radius 2 is 1.69 bits per heavy atom. The number of anilines is 1. The van der Waals surface area contributed by atoms with Crippen molar-refractivity contribution < 1.29 is 23.8 Å². The van der Waals surface area contributed by atoms with Gasteiger partial charge in [-0.1, -0.05) is 6.07 Å². The fourth-order valence-corrected chi connectivity index (χ4v) is 2.75. The van der Waals surface area contributed by atoms with E-state index in [9.17, 15) is 9.59 Å². The van der Waals surface area contributed by atoms with Crippen LogP contribution in [0.5, 0.6) is 17.2 Å². The van der Waals surface area contributed by atoms with Gasteiger partial charge in [0.05, 0.1) is 33.4 Å². The number of rotatable bonds is 10. The molecule has 0 atom stereocenters. The van der Waals surface area contributed by atoms with Crippen LogP contribution in [0.25, 0.3) is 0 Å². The molecular formula is C21H27N3O5. The molecule has 0 fully saturated rings. The van der Waals surface area contributed by atoms with Crippen molar-refractivity contribution in [2.75, 3.05) is 46.8 Å². The minimum Gasteiger partial charge on any atom is -0.497 e. The summed E-state index contributed by atoms with van der Waals surface area (Å²) in [5.74, 6) is 1.44. The summed E-state index contributed by atoms with van der Waals surface area (Å²) in [4.78, 5) is 24.2. The maximum atomic E-state index is 12.2. The van der Waals surface area contributed by atoms with Crippen molar-refractivity contribution in [2.24, 2.45) is 0 Å². The Morgan fingerprint density at radius 1 is 0.931 bits per heavy atom. The summed E-state index contributed by atoms with van der Waals surface area (Å²) >= 11 is 0. The first-order valence-electron chi connectivity index (χ1n) is 9.14. The van der Waals surface area contributed by atoms with Gasteiger partial charge in [-0.05, 0) is 42.3 Å². The molecule has 2 aromatic carbocycles. The summed E-state index contributed by atoms with van der Waals surface area (Å²) in [5, 5.41) is 8.43. The average molecular weight is 401 g/mol. The molecule has 0 aromatic heterocycles. The van der Waals surface area contributed by atoms with Crippen LogP contribution in [-0.4, -0.2) is 53.3 Å². The number of carbonyl (C=O) groups excluding carboxylic acids is 2. The van der Waals surface area contributed by atoms with E-state index in [2.05, 4.69) is 16.0 Å². The molecule has 2 amide bonds. The predicted octanol–water partition coefficient (Wildman–Crippen LogP) is 1.84. The van der Waals surface area contributed by atoms with Gasteiger partial charge in [0.15, 0.2) is 11.5 Å². The number of hydrogen-bond donors (Lipinski definition) is 3. The van der Waals surface area contributed by atoms with E-state index in [1.807, 2.05) is 18.2 Å². The topological polar surface area (TPSA) is 97.9 Å². The summed E-state index contributed by atoms with van der Waals surface area (Å²) in [5.41, 5.74) is 1.98. The summed E-state index contributed by atoms with van der Waals surface area (Å²) in [6, 6.07) is 10.7. The van der Waals surface area contributed by atoms with Gasteiger partial charge in [0.1, 0.15) is 5.75 Å². The summed E-state index contributed by atoms with van der Waals surface area (Å²) < 4.78 is 15.7. The lowest BCUT2D eigenvalue weighted by atomic mass is 10.1. The second-order valence-corrected chi connectivity index (χ2v) is 6.13. The molecule has 0 radical (unpaired) electrons. The maximum absolute atomic E-state index is 12.2. The molecule has 2 rings (SSSR count). The van der Waals surface area contributed by atoms with Crippen molar-refractivity contribution in [1.29, 1.82) is 0 Å². The Bertz CT molecular complexity index is 854. The molecule has 0 saturated carbocycles. The van der Waals surface area contributed by atoms with E-state index in [0.29, 0.717) is 41.5 Å². The van der Waals surface area contributed by atoms with Crippen molar-refractivity contribution in [2.45, 2.75) is 6.42 Å². The Kier molecular flexibility index (Phi) is 8.14. The number of ether oxygens (including phenoxy) is 3. The lowest BCUT2D eigenvalue weighted by molar-refractivity contribution is -0.119. The molecule has 0 aliphatic rings. The van der Waals surface area contributed by atoms with Gasteiger partial charge >= 0.3 is 0 Å². The van der Waals surface area contributed by atoms with Crippen molar-refractivity contribution in [3.63, 3.8) is 0 Å². The maximum Gasteiger partial charge on any atom is 0.253 e. The first kappa shape index (κ1) is 21.9. The van der Waals surface area contributed by atoms with Crippen molar-refractivity contribution in [1.82, 2.24) is 10.6 Å². The second-order valence-electron chi connectivity index (χ2n) is 6.13. The van der Waals surface area contributed by atoms with Gasteiger partial charge in [-0.15, -0.1) is 0 Å². The van der Waals surface area contributed by atoms with E-state index in [1.165, 1.54) is 7.11 Å². The van der Waals surface area contributed by atoms with Gasteiger partial charge in [-0.3, -0.25) is 9.59 Å². The lowest BCUT2D eigenvalue weighted by Gasteiger charge is -2.13. The highest BCUT2D eigenvalue weighted by atomic mass is 16.5. The Hall–Kier alpha value is -3.42. The number of methoxy groups -OCH3 is 3. The molecular weight excluding hydrogens is 374 g/mol. The number of nitrogens with one attached hydrogen (secondary N) is 3. The van der Waals surface area contributed by atoms with Crippen LogP contribution in [0.4, 0.5) is 5.69 Å². The zero-order chi connectivity index (χ0) is 21.2. The summed E-state index contributed by atoms with van der Waals surface area (Å²) in [6.45, 7) is 0.517. The average Bonchev–Trinajstić information content (AvgIpc) is 2.76. The van der Waals surface area contributed by atoms with Crippen LogP contribution >= 0.6 is 0 Å². The first-order chi connectivity index (χ1) is 14.0. The predicted molar refractivity (Wildman–Crippen MR) is 111 cm³/mol. The second kappa shape index (κ2) is 10.8. The van der Waals surface area contributed by atoms with Crippen LogP contribution in [0.2, 0.25) is 0 Å². The molecule has 8 heteroatoms. The van der Waals surface area contributed by atoms with Crippen LogP contribution in [-0.2, 0) is 11.2 Å². The monoisotopic (exact) mass is 401 g/mol. The summed E-state index contributed by atoms with van der Waals surface area (Å²) in [6.07, 6.45) is 0.651. The highest BCUT2D eigenvalue weighted by molar-refractivity contribution is 6.00. The quantitative estimate of drug-likeness (QED) is 0.562. The molecule has 0 bridgehead atoms. The molecule has 0 aliphatic carbocycles. The van der Waals surface area contributed by atoms with Gasteiger partial charge < -0.3 is 30.2 Å². The molecule has 2 aromatic rings. The van der Waals surface area contributed by atoms with Gasteiger partial charge in [0.25, 0.3) is 5.91 Å². The van der Waals surface area contributed by atoms with Gasteiger partial charge in [-0.2, -0.15) is 0 Å². The number of benzene rings is 2. The number of amides is 2. The zero-order valence-electron chi connectivity index (χ0n) is 17.1. The number of hydrogen-bond acceptors (Lipinski definition) is 6. The van der Waals surface area contributed by atoms with E-state index in [1.54, 1.807) is 39.5 Å². The van der Waals surface area contributed by atoms with E-state index in [-0.39, 0.29) is 18.4 Å². The van der Waals surface area contributed by atoms with Crippen LogP contribution < -0.4 is 30.2 Å². The van der Waals surface area contributed by atoms with E-state index in [0.717, 1.165) is 5.56 Å². The fourth-order valence-electron chi connectivity index (χ4n) is 2.75. The summed E-state index contributed by atoms with van der Waals surface area (Å²) in [7, 11) is 6.25. The highest BCUT2D eigenvalue weighted by Gasteiger charge is 2.12. The molecule has 8 nitrogen and oxygen atoms in total. The molecule has 29 heavy (non-hydrogen) atoms. The minimum absolute atomic E-state index is 0.0439. The Labute approximate surface area is 170 Å². The Balaban J connectivity index is 1.88. The smallest absolute Gasteiger partial charge is 0.253 e. The van der Waals surface area contributed by atoms with Crippen molar-refractivity contribution >= 4 is 17.5 Å². The minimum atomic E-state index is -0.264. The molecule has 0 unspecified atom stereocenters. The standard InChI is InChI=1S/C21H27N3O5/c1-22-21(26)16-12-15(27-2)6-7-17(16)24-13-20(25)23-10-9-14-5-8-18(28-3)19(11-14)29-4/h5-8,11-12,24H,9-10,13H2,1-4H3,(H,22,26)(H,23,25). The van der Waals surface area contributed by atoms with Gasteiger partial charge in [0.2, 0.25) is 5.91 Å². The third kappa shape index (κ3) is 6.03.